The third-order valence-corrected chi connectivity index (χ3v) is 5.36. The van der Waals surface area contributed by atoms with Gasteiger partial charge in [0, 0.05) is 63.4 Å². The Kier molecular flexibility index (Phi) is 5.73. The van der Waals surface area contributed by atoms with Gasteiger partial charge in [0.1, 0.15) is 0 Å². The zero-order chi connectivity index (χ0) is 20.2. The summed E-state index contributed by atoms with van der Waals surface area (Å²) in [6.45, 7) is 5.58. The number of nitro groups is 1. The molecule has 152 valence electrons. The van der Waals surface area contributed by atoms with Gasteiger partial charge in [-0.1, -0.05) is 6.07 Å². The molecular weight excluding hydrogens is 374 g/mol. The molecule has 0 aliphatic carbocycles. The van der Waals surface area contributed by atoms with E-state index in [1.54, 1.807) is 0 Å². The van der Waals surface area contributed by atoms with E-state index in [1.807, 2.05) is 12.1 Å². The van der Waals surface area contributed by atoms with Crippen LogP contribution in [-0.2, 0) is 6.54 Å². The first-order chi connectivity index (χ1) is 14.1. The molecule has 2 aromatic carbocycles. The maximum atomic E-state index is 12.3. The Labute approximate surface area is 168 Å². The molecule has 8 heteroatoms. The lowest BCUT2D eigenvalue weighted by molar-refractivity contribution is -0.384. The van der Waals surface area contributed by atoms with Crippen molar-refractivity contribution >= 4 is 11.5 Å². The molecule has 2 heterocycles. The van der Waals surface area contributed by atoms with Crippen LogP contribution in [0.15, 0.2) is 42.5 Å². The molecule has 0 N–H and O–H groups in total. The topological polar surface area (TPSA) is 85.2 Å². The fourth-order valence-electron chi connectivity index (χ4n) is 3.64. The van der Waals surface area contributed by atoms with E-state index in [0.717, 1.165) is 44.2 Å². The highest BCUT2D eigenvalue weighted by molar-refractivity contribution is 5.96. The quantitative estimate of drug-likeness (QED) is 0.403. The first kappa shape index (κ1) is 19.4. The molecule has 2 aromatic rings. The first-order valence-electron chi connectivity index (χ1n) is 9.69. The lowest BCUT2D eigenvalue weighted by atomic mass is 10.1. The Hall–Kier alpha value is -2.97. The van der Waals surface area contributed by atoms with Crippen LogP contribution in [0.25, 0.3) is 0 Å². The molecule has 0 radical (unpaired) electrons. The van der Waals surface area contributed by atoms with E-state index < -0.39 is 4.92 Å². The number of carbonyl (C=O) groups excluding carboxylic acids is 1. The van der Waals surface area contributed by atoms with Crippen LogP contribution >= 0.6 is 0 Å². The molecule has 0 bridgehead atoms. The molecule has 0 unspecified atom stereocenters. The molecule has 0 amide bonds. The van der Waals surface area contributed by atoms with E-state index in [-0.39, 0.29) is 18.3 Å². The van der Waals surface area contributed by atoms with Crippen molar-refractivity contribution in [3.8, 4) is 11.5 Å². The Morgan fingerprint density at radius 1 is 0.966 bits per heavy atom. The largest absolute Gasteiger partial charge is 0.454 e. The average molecular weight is 397 g/mol. The SMILES string of the molecule is O=C(CCN1CCN(Cc2ccc3c(c2)OCO3)CC1)c1ccc([N+](=O)[O-])cc1. The van der Waals surface area contributed by atoms with Gasteiger partial charge in [-0.15, -0.1) is 0 Å². The van der Waals surface area contributed by atoms with Gasteiger partial charge in [0.2, 0.25) is 6.79 Å². The molecule has 2 aliphatic rings. The monoisotopic (exact) mass is 397 g/mol. The number of rotatable bonds is 7. The Morgan fingerprint density at radius 2 is 1.66 bits per heavy atom. The van der Waals surface area contributed by atoms with E-state index in [1.165, 1.54) is 29.8 Å². The van der Waals surface area contributed by atoms with Gasteiger partial charge in [-0.3, -0.25) is 19.8 Å². The predicted octanol–water partition coefficient (Wildman–Crippen LogP) is 2.71. The van der Waals surface area contributed by atoms with Gasteiger partial charge in [-0.05, 0) is 29.8 Å². The first-order valence-corrected chi connectivity index (χ1v) is 9.69. The molecule has 4 rings (SSSR count). The van der Waals surface area contributed by atoms with Gasteiger partial charge >= 0.3 is 0 Å². The summed E-state index contributed by atoms with van der Waals surface area (Å²) in [7, 11) is 0. The fraction of sp³-hybridized carbons (Fsp3) is 0.381. The number of hydrogen-bond acceptors (Lipinski definition) is 7. The van der Waals surface area contributed by atoms with Crippen LogP contribution in [0.4, 0.5) is 5.69 Å². The van der Waals surface area contributed by atoms with Gasteiger partial charge in [0.15, 0.2) is 17.3 Å². The average Bonchev–Trinajstić information content (AvgIpc) is 3.21. The van der Waals surface area contributed by atoms with Gasteiger partial charge in [-0.2, -0.15) is 0 Å². The number of benzene rings is 2. The van der Waals surface area contributed by atoms with Gasteiger partial charge < -0.3 is 14.4 Å². The third kappa shape index (κ3) is 4.72. The Bertz CT molecular complexity index is 892. The number of hydrogen-bond donors (Lipinski definition) is 0. The van der Waals surface area contributed by atoms with Crippen LogP contribution in [0.1, 0.15) is 22.3 Å². The number of Topliss-reactive ketones (excluding diaryl/α,β-unsaturated/α-hetero) is 1. The van der Waals surface area contributed by atoms with Crippen molar-refractivity contribution in [1.29, 1.82) is 0 Å². The zero-order valence-electron chi connectivity index (χ0n) is 16.1. The molecule has 0 spiro atoms. The van der Waals surface area contributed by atoms with E-state index in [0.29, 0.717) is 18.5 Å². The smallest absolute Gasteiger partial charge is 0.269 e. The molecule has 0 aromatic heterocycles. The fourth-order valence-corrected chi connectivity index (χ4v) is 3.64. The van der Waals surface area contributed by atoms with Crippen molar-refractivity contribution in [2.24, 2.45) is 0 Å². The normalized spacial score (nSPS) is 16.7. The number of non-ortho nitro benzene ring substituents is 1. The van der Waals surface area contributed by atoms with Gasteiger partial charge in [-0.25, -0.2) is 0 Å². The highest BCUT2D eigenvalue weighted by Crippen LogP contribution is 2.32. The van der Waals surface area contributed by atoms with Crippen LogP contribution < -0.4 is 9.47 Å². The summed E-state index contributed by atoms with van der Waals surface area (Å²) in [5.74, 6) is 1.63. The van der Waals surface area contributed by atoms with Crippen molar-refractivity contribution in [3.63, 3.8) is 0 Å². The summed E-state index contributed by atoms with van der Waals surface area (Å²) in [4.78, 5) is 27.3. The number of carbonyl (C=O) groups is 1. The zero-order valence-corrected chi connectivity index (χ0v) is 16.1. The summed E-state index contributed by atoms with van der Waals surface area (Å²) in [5.41, 5.74) is 1.73. The lowest BCUT2D eigenvalue weighted by Crippen LogP contribution is -2.46. The van der Waals surface area contributed by atoms with Gasteiger partial charge in [0.25, 0.3) is 5.69 Å². The molecule has 2 aliphatic heterocycles. The summed E-state index contributed by atoms with van der Waals surface area (Å²) >= 11 is 0. The van der Waals surface area contributed by atoms with Gasteiger partial charge in [0.05, 0.1) is 4.92 Å². The van der Waals surface area contributed by atoms with E-state index in [2.05, 4.69) is 15.9 Å². The molecule has 1 saturated heterocycles. The van der Waals surface area contributed by atoms with E-state index in [4.69, 9.17) is 9.47 Å². The van der Waals surface area contributed by atoms with Crippen LogP contribution in [0.3, 0.4) is 0 Å². The third-order valence-electron chi connectivity index (χ3n) is 5.36. The molecule has 0 saturated carbocycles. The summed E-state index contributed by atoms with van der Waals surface area (Å²) in [6.07, 6.45) is 0.417. The van der Waals surface area contributed by atoms with Crippen LogP contribution in [0.5, 0.6) is 11.5 Å². The highest BCUT2D eigenvalue weighted by atomic mass is 16.7. The second kappa shape index (κ2) is 8.59. The number of ether oxygens (including phenoxy) is 2. The minimum absolute atomic E-state index is 0.000122. The lowest BCUT2D eigenvalue weighted by Gasteiger charge is -2.34. The summed E-state index contributed by atoms with van der Waals surface area (Å²) < 4.78 is 10.8. The minimum Gasteiger partial charge on any atom is -0.454 e. The van der Waals surface area contributed by atoms with Crippen LogP contribution in [0, 0.1) is 10.1 Å². The summed E-state index contributed by atoms with van der Waals surface area (Å²) in [6, 6.07) is 11.9. The molecule has 0 atom stereocenters. The van der Waals surface area contributed by atoms with Crippen LogP contribution in [-0.4, -0.2) is 60.0 Å². The molecule has 1 fully saturated rings. The number of ketones is 1. The second-order valence-electron chi connectivity index (χ2n) is 7.28. The number of fused-ring (bicyclic) bond motifs is 1. The van der Waals surface area contributed by atoms with Crippen molar-refractivity contribution in [1.82, 2.24) is 9.80 Å². The second-order valence-corrected chi connectivity index (χ2v) is 7.28. The maximum Gasteiger partial charge on any atom is 0.269 e. The number of nitrogens with zero attached hydrogens (tertiary/aromatic N) is 3. The molecular formula is C21H23N3O5. The number of piperazine rings is 1. The van der Waals surface area contributed by atoms with Crippen molar-refractivity contribution in [2.75, 3.05) is 39.5 Å². The Balaban J connectivity index is 1.21. The Morgan fingerprint density at radius 3 is 2.38 bits per heavy atom. The predicted molar refractivity (Wildman–Crippen MR) is 106 cm³/mol. The van der Waals surface area contributed by atoms with E-state index in [9.17, 15) is 14.9 Å². The van der Waals surface area contributed by atoms with E-state index >= 15 is 0 Å². The maximum absolute atomic E-state index is 12.3. The van der Waals surface area contributed by atoms with Crippen molar-refractivity contribution in [3.05, 3.63) is 63.7 Å². The van der Waals surface area contributed by atoms with Crippen LogP contribution in [0.2, 0.25) is 0 Å². The number of nitro benzene ring substituents is 1. The highest BCUT2D eigenvalue weighted by Gasteiger charge is 2.20. The molecule has 29 heavy (non-hydrogen) atoms. The minimum atomic E-state index is -0.461. The standard InChI is InChI=1S/C21H23N3O5/c25-19(17-2-4-18(5-3-17)24(26)27)7-8-22-9-11-23(12-10-22)14-16-1-6-20-21(13-16)29-15-28-20/h1-6,13H,7-12,14-15H2. The van der Waals surface area contributed by atoms with Crippen molar-refractivity contribution < 1.29 is 19.2 Å². The van der Waals surface area contributed by atoms with Crippen molar-refractivity contribution in [2.45, 2.75) is 13.0 Å². The molecule has 8 nitrogen and oxygen atoms in total. The summed E-state index contributed by atoms with van der Waals surface area (Å²) in [5, 5.41) is 10.7.